The molecule has 0 spiro atoms. The van der Waals surface area contributed by atoms with Gasteiger partial charge < -0.3 is 10.1 Å². The van der Waals surface area contributed by atoms with E-state index >= 15 is 0 Å². The van der Waals surface area contributed by atoms with Gasteiger partial charge in [0.1, 0.15) is 0 Å². The molecular formula is C9H16N6O. The van der Waals surface area contributed by atoms with Crippen molar-refractivity contribution in [1.82, 2.24) is 15.0 Å². The summed E-state index contributed by atoms with van der Waals surface area (Å²) in [6.45, 7) is 0. The average Bonchev–Trinajstić information content (AvgIpc) is 2.81. The summed E-state index contributed by atoms with van der Waals surface area (Å²) in [5.74, 6) is 6.07. The second kappa shape index (κ2) is 4.93. The van der Waals surface area contributed by atoms with Gasteiger partial charge in [0.15, 0.2) is 0 Å². The molecule has 4 N–H and O–H groups in total. The molecule has 0 bridgehead atoms. The zero-order valence-corrected chi connectivity index (χ0v) is 9.23. The number of hydrogen-bond acceptors (Lipinski definition) is 7. The zero-order chi connectivity index (χ0) is 11.4. The Kier molecular flexibility index (Phi) is 3.35. The van der Waals surface area contributed by atoms with Gasteiger partial charge in [0.25, 0.3) is 0 Å². The summed E-state index contributed by atoms with van der Waals surface area (Å²) in [6.07, 6.45) is 4.81. The van der Waals surface area contributed by atoms with Gasteiger partial charge in [-0.25, -0.2) is 5.84 Å². The summed E-state index contributed by atoms with van der Waals surface area (Å²) in [5.41, 5.74) is 2.38. The predicted molar refractivity (Wildman–Crippen MR) is 60.1 cm³/mol. The first-order chi connectivity index (χ1) is 7.81. The maximum Gasteiger partial charge on any atom is 0.322 e. The van der Waals surface area contributed by atoms with E-state index in [0.29, 0.717) is 17.9 Å². The van der Waals surface area contributed by atoms with Crippen LogP contribution in [0.1, 0.15) is 25.7 Å². The standard InChI is InChI=1S/C9H16N6O/c1-16-9-13-7(12-8(14-9)15-10)11-6-4-2-3-5-6/h6H,2-5,10H2,1H3,(H2,11,12,13,14,15). The first kappa shape index (κ1) is 10.9. The molecule has 1 aromatic rings. The predicted octanol–water partition coefficient (Wildman–Crippen LogP) is 0.520. The Morgan fingerprint density at radius 1 is 1.19 bits per heavy atom. The highest BCUT2D eigenvalue weighted by Gasteiger charge is 2.16. The highest BCUT2D eigenvalue weighted by atomic mass is 16.5. The number of ether oxygens (including phenoxy) is 1. The maximum atomic E-state index is 5.26. The molecule has 0 atom stereocenters. The fourth-order valence-corrected chi connectivity index (χ4v) is 1.83. The Balaban J connectivity index is 2.12. The second-order valence-electron chi connectivity index (χ2n) is 3.74. The number of nitrogens with one attached hydrogen (secondary N) is 2. The van der Waals surface area contributed by atoms with E-state index in [4.69, 9.17) is 10.6 Å². The smallest absolute Gasteiger partial charge is 0.322 e. The van der Waals surface area contributed by atoms with E-state index in [9.17, 15) is 0 Å². The first-order valence-corrected chi connectivity index (χ1v) is 5.35. The molecule has 1 aliphatic rings. The van der Waals surface area contributed by atoms with E-state index in [0.717, 1.165) is 12.8 Å². The Hall–Kier alpha value is -1.63. The minimum absolute atomic E-state index is 0.253. The number of anilines is 2. The van der Waals surface area contributed by atoms with Gasteiger partial charge in [0, 0.05) is 6.04 Å². The SMILES string of the molecule is COc1nc(NN)nc(NC2CCCC2)n1. The van der Waals surface area contributed by atoms with Gasteiger partial charge in [-0.2, -0.15) is 15.0 Å². The van der Waals surface area contributed by atoms with Gasteiger partial charge >= 0.3 is 6.01 Å². The van der Waals surface area contributed by atoms with Crippen molar-refractivity contribution in [2.45, 2.75) is 31.7 Å². The van der Waals surface area contributed by atoms with E-state index in [1.54, 1.807) is 0 Å². The molecular weight excluding hydrogens is 208 g/mol. The van der Waals surface area contributed by atoms with Crippen LogP contribution < -0.4 is 21.3 Å². The summed E-state index contributed by atoms with van der Waals surface area (Å²) in [6, 6.07) is 0.696. The molecule has 7 heteroatoms. The molecule has 88 valence electrons. The van der Waals surface area contributed by atoms with Crippen molar-refractivity contribution in [3.05, 3.63) is 0 Å². The lowest BCUT2D eigenvalue weighted by Crippen LogP contribution is -2.19. The summed E-state index contributed by atoms with van der Waals surface area (Å²) in [5, 5.41) is 3.25. The largest absolute Gasteiger partial charge is 0.467 e. The van der Waals surface area contributed by atoms with Crippen molar-refractivity contribution in [2.75, 3.05) is 17.9 Å². The molecule has 0 saturated heterocycles. The highest BCUT2D eigenvalue weighted by Crippen LogP contribution is 2.21. The van der Waals surface area contributed by atoms with Gasteiger partial charge in [-0.15, -0.1) is 0 Å². The van der Waals surface area contributed by atoms with Crippen LogP contribution in [0.25, 0.3) is 0 Å². The minimum Gasteiger partial charge on any atom is -0.467 e. The lowest BCUT2D eigenvalue weighted by atomic mass is 10.3. The van der Waals surface area contributed by atoms with Crippen molar-refractivity contribution in [1.29, 1.82) is 0 Å². The topological polar surface area (TPSA) is 98.0 Å². The van der Waals surface area contributed by atoms with Gasteiger partial charge in [-0.1, -0.05) is 12.8 Å². The van der Waals surface area contributed by atoms with Crippen LogP contribution in [0, 0.1) is 0 Å². The number of aromatic nitrogens is 3. The molecule has 0 amide bonds. The van der Waals surface area contributed by atoms with Gasteiger partial charge in [-0.05, 0) is 12.8 Å². The van der Waals surface area contributed by atoms with Crippen LogP contribution in [0.3, 0.4) is 0 Å². The van der Waals surface area contributed by atoms with Crippen LogP contribution in [0.15, 0.2) is 0 Å². The van der Waals surface area contributed by atoms with Gasteiger partial charge in [-0.3, -0.25) is 5.43 Å². The van der Waals surface area contributed by atoms with Crippen LogP contribution in [0.5, 0.6) is 6.01 Å². The monoisotopic (exact) mass is 224 g/mol. The van der Waals surface area contributed by atoms with Crippen LogP contribution in [0.2, 0.25) is 0 Å². The van der Waals surface area contributed by atoms with Crippen molar-refractivity contribution >= 4 is 11.9 Å². The zero-order valence-electron chi connectivity index (χ0n) is 9.23. The van der Waals surface area contributed by atoms with Crippen LogP contribution in [-0.4, -0.2) is 28.1 Å². The van der Waals surface area contributed by atoms with E-state index < -0.39 is 0 Å². The Bertz CT molecular complexity index is 330. The molecule has 7 nitrogen and oxygen atoms in total. The average molecular weight is 224 g/mol. The van der Waals surface area contributed by atoms with Crippen LogP contribution >= 0.6 is 0 Å². The van der Waals surface area contributed by atoms with Crippen molar-refractivity contribution in [3.8, 4) is 6.01 Å². The molecule has 0 radical (unpaired) electrons. The summed E-state index contributed by atoms with van der Waals surface area (Å²) in [7, 11) is 1.51. The number of hydrogen-bond donors (Lipinski definition) is 3. The third-order valence-electron chi connectivity index (χ3n) is 2.61. The lowest BCUT2D eigenvalue weighted by Gasteiger charge is -2.12. The number of nitrogens with zero attached hydrogens (tertiary/aromatic N) is 3. The Morgan fingerprint density at radius 3 is 2.50 bits per heavy atom. The molecule has 0 aromatic carbocycles. The van der Waals surface area contributed by atoms with Crippen LogP contribution in [-0.2, 0) is 0 Å². The first-order valence-electron chi connectivity index (χ1n) is 5.35. The molecule has 2 rings (SSSR count). The van der Waals surface area contributed by atoms with E-state index in [2.05, 4.69) is 25.7 Å². The molecule has 1 aliphatic carbocycles. The minimum atomic E-state index is 0.253. The number of nitrogens with two attached hydrogens (primary N) is 1. The lowest BCUT2D eigenvalue weighted by molar-refractivity contribution is 0.379. The number of hydrazine groups is 1. The summed E-state index contributed by atoms with van der Waals surface area (Å²) in [4.78, 5) is 12.2. The number of methoxy groups -OCH3 is 1. The molecule has 1 aromatic heterocycles. The Labute approximate surface area is 93.8 Å². The quantitative estimate of drug-likeness (QED) is 0.506. The second-order valence-corrected chi connectivity index (χ2v) is 3.74. The molecule has 16 heavy (non-hydrogen) atoms. The molecule has 1 heterocycles. The van der Waals surface area contributed by atoms with Crippen molar-refractivity contribution < 1.29 is 4.74 Å². The molecule has 1 fully saturated rings. The van der Waals surface area contributed by atoms with Crippen molar-refractivity contribution in [2.24, 2.45) is 5.84 Å². The third-order valence-corrected chi connectivity index (χ3v) is 2.61. The molecule has 1 saturated carbocycles. The maximum absolute atomic E-state index is 5.26. The van der Waals surface area contributed by atoms with Gasteiger partial charge in [0.05, 0.1) is 7.11 Å². The normalized spacial score (nSPS) is 16.1. The summed E-state index contributed by atoms with van der Waals surface area (Å²) < 4.78 is 4.96. The van der Waals surface area contributed by atoms with Crippen molar-refractivity contribution in [3.63, 3.8) is 0 Å². The van der Waals surface area contributed by atoms with E-state index in [-0.39, 0.29) is 6.01 Å². The molecule has 0 unspecified atom stereocenters. The fraction of sp³-hybridized carbons (Fsp3) is 0.667. The van der Waals surface area contributed by atoms with Gasteiger partial charge in [0.2, 0.25) is 11.9 Å². The fourth-order valence-electron chi connectivity index (χ4n) is 1.83. The van der Waals surface area contributed by atoms with E-state index in [1.807, 2.05) is 0 Å². The molecule has 0 aliphatic heterocycles. The van der Waals surface area contributed by atoms with Crippen LogP contribution in [0.4, 0.5) is 11.9 Å². The Morgan fingerprint density at radius 2 is 1.88 bits per heavy atom. The third kappa shape index (κ3) is 2.48. The highest BCUT2D eigenvalue weighted by molar-refractivity contribution is 5.35. The summed E-state index contributed by atoms with van der Waals surface area (Å²) >= 11 is 0. The number of rotatable bonds is 4. The number of nitrogen functional groups attached to an aromatic ring is 1. The van der Waals surface area contributed by atoms with E-state index in [1.165, 1.54) is 20.0 Å².